The lowest BCUT2D eigenvalue weighted by Crippen LogP contribution is -2.34. The molecule has 2 aliphatic rings. The molecule has 0 saturated heterocycles. The lowest BCUT2D eigenvalue weighted by Gasteiger charge is -2.33. The van der Waals surface area contributed by atoms with Gasteiger partial charge >= 0.3 is 5.97 Å². The van der Waals surface area contributed by atoms with Crippen molar-refractivity contribution in [2.75, 3.05) is 12.0 Å². The number of ether oxygens (including phenoxy) is 1. The molecule has 4 rings (SSSR count). The van der Waals surface area contributed by atoms with Crippen molar-refractivity contribution in [2.45, 2.75) is 17.4 Å². The highest BCUT2D eigenvalue weighted by atomic mass is 32.2. The zero-order valence-corrected chi connectivity index (χ0v) is 12.8. The second-order valence-corrected chi connectivity index (χ2v) is 6.20. The first kappa shape index (κ1) is 13.4. The van der Waals surface area contributed by atoms with Gasteiger partial charge in [0.2, 0.25) is 0 Å². The number of anilines is 1. The van der Waals surface area contributed by atoms with E-state index in [-0.39, 0.29) is 12.0 Å². The lowest BCUT2D eigenvalue weighted by atomic mass is 9.98. The lowest BCUT2D eigenvalue weighted by molar-refractivity contribution is -0.141. The van der Waals surface area contributed by atoms with E-state index in [2.05, 4.69) is 17.0 Å². The van der Waals surface area contributed by atoms with Crippen LogP contribution >= 0.6 is 11.8 Å². The maximum Gasteiger partial charge on any atom is 0.307 e. The van der Waals surface area contributed by atoms with Crippen LogP contribution in [0.3, 0.4) is 0 Å². The number of hydrogen-bond acceptors (Lipinski definition) is 5. The second kappa shape index (κ2) is 5.18. The van der Waals surface area contributed by atoms with E-state index < -0.39 is 0 Å². The summed E-state index contributed by atoms with van der Waals surface area (Å²) in [5.74, 6) is -0.213. The van der Waals surface area contributed by atoms with Gasteiger partial charge in [0.15, 0.2) is 5.17 Å². The number of esters is 1. The van der Waals surface area contributed by atoms with Gasteiger partial charge in [0, 0.05) is 10.5 Å². The molecule has 0 aromatic heterocycles. The van der Waals surface area contributed by atoms with Crippen molar-refractivity contribution in [2.24, 2.45) is 4.99 Å². The SMILES string of the molecule is COC(=O)CC1c2ccccc2N=C2Sc3ccccc3N21. The van der Waals surface area contributed by atoms with Crippen LogP contribution in [0.15, 0.2) is 58.4 Å². The number of para-hydroxylation sites is 2. The van der Waals surface area contributed by atoms with Crippen LogP contribution in [0.5, 0.6) is 0 Å². The van der Waals surface area contributed by atoms with Gasteiger partial charge in [-0.15, -0.1) is 0 Å². The van der Waals surface area contributed by atoms with Gasteiger partial charge in [0.1, 0.15) is 0 Å². The molecule has 0 N–H and O–H groups in total. The van der Waals surface area contributed by atoms with E-state index in [1.165, 1.54) is 12.0 Å². The topological polar surface area (TPSA) is 41.9 Å². The number of hydrogen-bond donors (Lipinski definition) is 0. The zero-order chi connectivity index (χ0) is 15.1. The summed E-state index contributed by atoms with van der Waals surface area (Å²) in [6.45, 7) is 0. The number of carbonyl (C=O) groups is 1. The van der Waals surface area contributed by atoms with Crippen LogP contribution in [0.1, 0.15) is 18.0 Å². The molecule has 1 atom stereocenters. The number of nitrogens with zero attached hydrogens (tertiary/aromatic N) is 2. The fourth-order valence-corrected chi connectivity index (χ4v) is 4.01. The molecule has 2 aromatic carbocycles. The number of fused-ring (bicyclic) bond motifs is 4. The predicted octanol–water partition coefficient (Wildman–Crippen LogP) is 3.90. The minimum Gasteiger partial charge on any atom is -0.469 e. The van der Waals surface area contributed by atoms with Crippen LogP contribution in [-0.4, -0.2) is 18.2 Å². The average molecular weight is 310 g/mol. The van der Waals surface area contributed by atoms with Gasteiger partial charge in [-0.05, 0) is 30.0 Å². The number of thioether (sulfide) groups is 1. The van der Waals surface area contributed by atoms with Crippen LogP contribution in [0.25, 0.3) is 0 Å². The Morgan fingerprint density at radius 1 is 1.23 bits per heavy atom. The van der Waals surface area contributed by atoms with Crippen LogP contribution in [0.2, 0.25) is 0 Å². The smallest absolute Gasteiger partial charge is 0.307 e. The van der Waals surface area contributed by atoms with Gasteiger partial charge in [-0.1, -0.05) is 30.3 Å². The van der Waals surface area contributed by atoms with Crippen LogP contribution < -0.4 is 4.90 Å². The molecule has 0 spiro atoms. The molecule has 110 valence electrons. The van der Waals surface area contributed by atoms with Crippen molar-refractivity contribution >= 4 is 34.3 Å². The van der Waals surface area contributed by atoms with Crippen molar-refractivity contribution in [3.63, 3.8) is 0 Å². The molecule has 5 heteroatoms. The summed E-state index contributed by atoms with van der Waals surface area (Å²) in [4.78, 5) is 20.0. The van der Waals surface area contributed by atoms with E-state index in [1.807, 2.05) is 36.4 Å². The predicted molar refractivity (Wildman–Crippen MR) is 87.7 cm³/mol. The molecular weight excluding hydrogens is 296 g/mol. The monoisotopic (exact) mass is 310 g/mol. The van der Waals surface area contributed by atoms with E-state index in [0.29, 0.717) is 6.42 Å². The van der Waals surface area contributed by atoms with Crippen molar-refractivity contribution in [3.05, 3.63) is 54.1 Å². The number of aliphatic imine (C=N–C) groups is 1. The Morgan fingerprint density at radius 2 is 2.00 bits per heavy atom. The highest BCUT2D eigenvalue weighted by molar-refractivity contribution is 8.14. The largest absolute Gasteiger partial charge is 0.469 e. The maximum atomic E-state index is 11.9. The minimum atomic E-state index is -0.213. The van der Waals surface area contributed by atoms with E-state index in [0.717, 1.165) is 22.1 Å². The third-order valence-corrected chi connectivity index (χ3v) is 4.98. The molecule has 0 saturated carbocycles. The van der Waals surface area contributed by atoms with Crippen molar-refractivity contribution in [1.29, 1.82) is 0 Å². The van der Waals surface area contributed by atoms with Crippen molar-refractivity contribution < 1.29 is 9.53 Å². The minimum absolute atomic E-state index is 0.0766. The first-order valence-corrected chi connectivity index (χ1v) is 7.90. The molecular formula is C17H14N2O2S. The van der Waals surface area contributed by atoms with E-state index in [9.17, 15) is 4.79 Å². The molecule has 0 aliphatic carbocycles. The molecule has 2 aliphatic heterocycles. The second-order valence-electron chi connectivity index (χ2n) is 5.19. The fourth-order valence-electron chi connectivity index (χ4n) is 2.93. The Labute approximate surface area is 132 Å². The summed E-state index contributed by atoms with van der Waals surface area (Å²) >= 11 is 1.65. The van der Waals surface area contributed by atoms with Gasteiger partial charge in [0.05, 0.1) is 30.9 Å². The zero-order valence-electron chi connectivity index (χ0n) is 12.0. The number of benzene rings is 2. The summed E-state index contributed by atoms with van der Waals surface area (Å²) in [5.41, 5.74) is 3.10. The first-order chi connectivity index (χ1) is 10.8. The van der Waals surface area contributed by atoms with Crippen LogP contribution in [-0.2, 0) is 9.53 Å². The van der Waals surface area contributed by atoms with Gasteiger partial charge in [-0.2, -0.15) is 0 Å². The summed E-state index contributed by atoms with van der Waals surface area (Å²) in [7, 11) is 1.43. The molecule has 22 heavy (non-hydrogen) atoms. The van der Waals surface area contributed by atoms with Crippen LogP contribution in [0, 0.1) is 0 Å². The Morgan fingerprint density at radius 3 is 2.86 bits per heavy atom. The fraction of sp³-hybridized carbons (Fsp3) is 0.176. The molecule has 2 heterocycles. The third-order valence-electron chi connectivity index (χ3n) is 3.94. The summed E-state index contributed by atoms with van der Waals surface area (Å²) in [5, 5.41) is 0.925. The number of rotatable bonds is 2. The quantitative estimate of drug-likeness (QED) is 0.789. The molecule has 0 fully saturated rings. The Balaban J connectivity index is 1.86. The van der Waals surface area contributed by atoms with E-state index in [4.69, 9.17) is 9.73 Å². The van der Waals surface area contributed by atoms with Gasteiger partial charge in [0.25, 0.3) is 0 Å². The highest BCUT2D eigenvalue weighted by Gasteiger charge is 2.38. The molecule has 0 bridgehead atoms. The number of methoxy groups -OCH3 is 1. The Kier molecular flexibility index (Phi) is 3.15. The highest BCUT2D eigenvalue weighted by Crippen LogP contribution is 2.50. The Bertz CT molecular complexity index is 788. The van der Waals surface area contributed by atoms with Gasteiger partial charge in [-0.25, -0.2) is 4.99 Å². The summed E-state index contributed by atoms with van der Waals surface area (Å²) < 4.78 is 4.89. The van der Waals surface area contributed by atoms with E-state index >= 15 is 0 Å². The summed E-state index contributed by atoms with van der Waals surface area (Å²) in [6, 6.07) is 16.1. The third kappa shape index (κ3) is 2.01. The molecule has 2 aromatic rings. The van der Waals surface area contributed by atoms with E-state index in [1.54, 1.807) is 11.8 Å². The van der Waals surface area contributed by atoms with Crippen molar-refractivity contribution in [1.82, 2.24) is 0 Å². The van der Waals surface area contributed by atoms with Gasteiger partial charge in [-0.3, -0.25) is 4.79 Å². The normalized spacial score (nSPS) is 18.1. The standard InChI is InChI=1S/C17H14N2O2S/c1-21-16(20)10-14-11-6-2-3-7-12(11)18-17-19(14)13-8-4-5-9-15(13)22-17/h2-9,14H,10H2,1H3. The summed E-state index contributed by atoms with van der Waals surface area (Å²) in [6.07, 6.45) is 0.307. The molecule has 1 unspecified atom stereocenters. The average Bonchev–Trinajstić information content (AvgIpc) is 2.92. The van der Waals surface area contributed by atoms with Crippen LogP contribution in [0.4, 0.5) is 11.4 Å². The molecule has 4 nitrogen and oxygen atoms in total. The van der Waals surface area contributed by atoms with Gasteiger partial charge < -0.3 is 9.64 Å². The Hall–Kier alpha value is -2.27. The first-order valence-electron chi connectivity index (χ1n) is 7.08. The number of amidine groups is 1. The number of carbonyl (C=O) groups excluding carboxylic acids is 1. The maximum absolute atomic E-state index is 11.9. The molecule has 0 radical (unpaired) electrons. The molecule has 0 amide bonds. The van der Waals surface area contributed by atoms with Crippen molar-refractivity contribution in [3.8, 4) is 0 Å².